The number of nitrogens with one attached hydrogen (secondary N) is 1. The number of ether oxygens (including phenoxy) is 1. The predicted octanol–water partition coefficient (Wildman–Crippen LogP) is 3.66. The molecule has 0 amide bonds. The zero-order valence-corrected chi connectivity index (χ0v) is 17.6. The summed E-state index contributed by atoms with van der Waals surface area (Å²) in [6.07, 6.45) is 3.49. The standard InChI is InChI=1S/C22H23FN8O.3H2/c1-14(15-3-5-16(23)6-4-15)26-18-13-17(27-22(28-18)30-9-11-32-12-10-30)19-20(24)29-31-8-2-7-25-21(19)31;;;/h2-8,13-14H,9-12H2,1H3,(H2,24,29)(H,26,27,28);3*1H/t14-;;;/m0.../s1. The van der Waals surface area contributed by atoms with Gasteiger partial charge in [0.1, 0.15) is 11.6 Å². The summed E-state index contributed by atoms with van der Waals surface area (Å²) in [5, 5.41) is 7.77. The Labute approximate surface area is 188 Å². The molecule has 10 heteroatoms. The van der Waals surface area contributed by atoms with Crippen LogP contribution in [-0.4, -0.2) is 50.9 Å². The summed E-state index contributed by atoms with van der Waals surface area (Å²) in [4.78, 5) is 16.1. The molecular formula is C22H29FN8O. The van der Waals surface area contributed by atoms with Crippen LogP contribution < -0.4 is 16.0 Å². The van der Waals surface area contributed by atoms with Gasteiger partial charge in [-0.05, 0) is 30.7 Å². The summed E-state index contributed by atoms with van der Waals surface area (Å²) < 4.78 is 20.4. The number of nitrogens with two attached hydrogens (primary N) is 1. The van der Waals surface area contributed by atoms with Gasteiger partial charge in [0.25, 0.3) is 0 Å². The molecule has 0 saturated carbocycles. The lowest BCUT2D eigenvalue weighted by molar-refractivity contribution is 0.122. The van der Waals surface area contributed by atoms with Crippen LogP contribution in [-0.2, 0) is 4.74 Å². The highest BCUT2D eigenvalue weighted by atomic mass is 19.1. The molecule has 1 aliphatic rings. The minimum atomic E-state index is -0.268. The van der Waals surface area contributed by atoms with Gasteiger partial charge >= 0.3 is 0 Å². The van der Waals surface area contributed by atoms with E-state index in [2.05, 4.69) is 20.3 Å². The number of hydrogen-bond acceptors (Lipinski definition) is 8. The molecule has 3 aromatic heterocycles. The molecule has 1 fully saturated rings. The lowest BCUT2D eigenvalue weighted by Gasteiger charge is -2.27. The quantitative estimate of drug-likeness (QED) is 0.484. The molecule has 32 heavy (non-hydrogen) atoms. The van der Waals surface area contributed by atoms with Gasteiger partial charge in [0, 0.05) is 41.9 Å². The fraction of sp³-hybridized carbons (Fsp3) is 0.273. The van der Waals surface area contributed by atoms with Crippen molar-refractivity contribution in [1.82, 2.24) is 24.6 Å². The van der Waals surface area contributed by atoms with Crippen LogP contribution in [0.3, 0.4) is 0 Å². The number of nitrogen functional groups attached to an aromatic ring is 1. The van der Waals surface area contributed by atoms with Crippen LogP contribution in [0.4, 0.5) is 22.0 Å². The normalized spacial score (nSPS) is 15.1. The molecule has 4 aromatic rings. The van der Waals surface area contributed by atoms with Crippen molar-refractivity contribution in [2.45, 2.75) is 13.0 Å². The molecule has 1 atom stereocenters. The Balaban J connectivity index is 0.00000144. The lowest BCUT2D eigenvalue weighted by Crippen LogP contribution is -2.37. The van der Waals surface area contributed by atoms with Crippen molar-refractivity contribution in [3.8, 4) is 11.3 Å². The summed E-state index contributed by atoms with van der Waals surface area (Å²) in [7, 11) is 0. The number of morpholine rings is 1. The SMILES string of the molecule is C[C@H](Nc1cc(-c2c(N)nn3cccnc23)nc(N2CCOCC2)n1)c1ccc(F)cc1.[HH].[HH].[HH]. The number of fused-ring (bicyclic) bond motifs is 1. The maximum atomic E-state index is 13.3. The highest BCUT2D eigenvalue weighted by Crippen LogP contribution is 2.31. The van der Waals surface area contributed by atoms with E-state index in [4.69, 9.17) is 20.4 Å². The minimum absolute atomic E-state index is 0. The van der Waals surface area contributed by atoms with Gasteiger partial charge in [-0.25, -0.2) is 18.9 Å². The van der Waals surface area contributed by atoms with Crippen LogP contribution in [0, 0.1) is 5.82 Å². The second-order valence-electron chi connectivity index (χ2n) is 7.60. The van der Waals surface area contributed by atoms with Crippen molar-refractivity contribution >= 4 is 23.2 Å². The van der Waals surface area contributed by atoms with Gasteiger partial charge in [-0.3, -0.25) is 0 Å². The molecule has 0 unspecified atom stereocenters. The summed E-state index contributed by atoms with van der Waals surface area (Å²) in [6, 6.07) is 9.94. The van der Waals surface area contributed by atoms with E-state index >= 15 is 0 Å². The molecule has 5 rings (SSSR count). The van der Waals surface area contributed by atoms with Crippen molar-refractivity contribution < 1.29 is 13.4 Å². The third kappa shape index (κ3) is 3.92. The third-order valence-electron chi connectivity index (χ3n) is 5.42. The molecule has 1 saturated heterocycles. The number of nitrogens with zero attached hydrogens (tertiary/aromatic N) is 6. The van der Waals surface area contributed by atoms with Gasteiger partial charge in [0.2, 0.25) is 5.95 Å². The summed E-state index contributed by atoms with van der Waals surface area (Å²) >= 11 is 0. The second kappa shape index (κ2) is 8.39. The smallest absolute Gasteiger partial charge is 0.228 e. The van der Waals surface area contributed by atoms with Gasteiger partial charge in [0.05, 0.1) is 24.5 Å². The first-order chi connectivity index (χ1) is 15.6. The summed E-state index contributed by atoms with van der Waals surface area (Å²) in [5.41, 5.74) is 9.09. The highest BCUT2D eigenvalue weighted by molar-refractivity contribution is 5.85. The van der Waals surface area contributed by atoms with E-state index in [0.717, 1.165) is 5.56 Å². The second-order valence-corrected chi connectivity index (χ2v) is 7.60. The number of halogens is 1. The first-order valence-electron chi connectivity index (χ1n) is 10.4. The molecule has 0 bridgehead atoms. The molecule has 1 aliphatic heterocycles. The lowest BCUT2D eigenvalue weighted by atomic mass is 10.1. The molecule has 3 N–H and O–H groups in total. The van der Waals surface area contributed by atoms with E-state index in [1.54, 1.807) is 35.1 Å². The van der Waals surface area contributed by atoms with Gasteiger partial charge in [-0.15, -0.1) is 5.10 Å². The monoisotopic (exact) mass is 440 g/mol. The van der Waals surface area contributed by atoms with Crippen LogP contribution in [0.1, 0.15) is 22.8 Å². The van der Waals surface area contributed by atoms with Crippen LogP contribution in [0.25, 0.3) is 16.9 Å². The van der Waals surface area contributed by atoms with Crippen LogP contribution in [0.5, 0.6) is 0 Å². The fourth-order valence-electron chi connectivity index (χ4n) is 3.75. The molecule has 170 valence electrons. The van der Waals surface area contributed by atoms with Crippen molar-refractivity contribution in [1.29, 1.82) is 0 Å². The Morgan fingerprint density at radius 1 is 1.19 bits per heavy atom. The van der Waals surface area contributed by atoms with E-state index in [1.165, 1.54) is 12.1 Å². The Morgan fingerprint density at radius 3 is 2.75 bits per heavy atom. The minimum Gasteiger partial charge on any atom is -0.382 e. The average Bonchev–Trinajstić information content (AvgIpc) is 3.15. The third-order valence-corrected chi connectivity index (χ3v) is 5.42. The summed E-state index contributed by atoms with van der Waals surface area (Å²) in [5.74, 6) is 1.28. The topological polar surface area (TPSA) is 106 Å². The van der Waals surface area contributed by atoms with Gasteiger partial charge < -0.3 is 20.7 Å². The van der Waals surface area contributed by atoms with Crippen LogP contribution in [0.15, 0.2) is 48.8 Å². The van der Waals surface area contributed by atoms with Gasteiger partial charge in [-0.2, -0.15) is 4.98 Å². The molecule has 0 radical (unpaired) electrons. The maximum absolute atomic E-state index is 13.3. The molecular weight excluding hydrogens is 411 g/mol. The van der Waals surface area contributed by atoms with E-state index in [0.29, 0.717) is 60.8 Å². The predicted molar refractivity (Wildman–Crippen MR) is 126 cm³/mol. The Kier molecular flexibility index (Phi) is 5.28. The van der Waals surface area contributed by atoms with E-state index in [9.17, 15) is 4.39 Å². The first kappa shape index (κ1) is 20.1. The molecule has 4 heterocycles. The van der Waals surface area contributed by atoms with Crippen molar-refractivity contribution in [2.24, 2.45) is 0 Å². The average molecular weight is 441 g/mol. The Hall–Kier alpha value is -3.79. The van der Waals surface area contributed by atoms with Crippen molar-refractivity contribution in [2.75, 3.05) is 42.3 Å². The van der Waals surface area contributed by atoms with E-state index in [-0.39, 0.29) is 16.1 Å². The van der Waals surface area contributed by atoms with Gasteiger partial charge in [0.15, 0.2) is 11.5 Å². The number of hydrogen-bond donors (Lipinski definition) is 2. The maximum Gasteiger partial charge on any atom is 0.228 e. The van der Waals surface area contributed by atoms with Gasteiger partial charge in [-0.1, -0.05) is 12.1 Å². The summed E-state index contributed by atoms with van der Waals surface area (Å²) in [6.45, 7) is 4.61. The van der Waals surface area contributed by atoms with Crippen LogP contribution >= 0.6 is 0 Å². The molecule has 0 aliphatic carbocycles. The highest BCUT2D eigenvalue weighted by Gasteiger charge is 2.21. The van der Waals surface area contributed by atoms with Crippen molar-refractivity contribution in [3.63, 3.8) is 0 Å². The zero-order valence-electron chi connectivity index (χ0n) is 17.6. The number of aromatic nitrogens is 5. The van der Waals surface area contributed by atoms with E-state index in [1.807, 2.05) is 13.0 Å². The largest absolute Gasteiger partial charge is 0.382 e. The number of benzene rings is 1. The molecule has 0 spiro atoms. The zero-order chi connectivity index (χ0) is 22.1. The first-order valence-corrected chi connectivity index (χ1v) is 10.4. The van der Waals surface area contributed by atoms with Crippen molar-refractivity contribution in [3.05, 3.63) is 60.2 Å². The number of rotatable bonds is 5. The fourth-order valence-corrected chi connectivity index (χ4v) is 3.75. The molecule has 9 nitrogen and oxygen atoms in total. The van der Waals surface area contributed by atoms with Crippen LogP contribution in [0.2, 0.25) is 0 Å². The molecule has 1 aromatic carbocycles. The Bertz CT molecular complexity index is 1250. The number of anilines is 3. The Morgan fingerprint density at radius 2 is 1.97 bits per heavy atom. The van der Waals surface area contributed by atoms with E-state index < -0.39 is 0 Å².